The van der Waals surface area contributed by atoms with Gasteiger partial charge in [0.2, 0.25) is 0 Å². The van der Waals surface area contributed by atoms with Gasteiger partial charge >= 0.3 is 0 Å². The molecule has 0 bridgehead atoms. The van der Waals surface area contributed by atoms with E-state index >= 15 is 0 Å². The van der Waals surface area contributed by atoms with E-state index in [0.29, 0.717) is 0 Å². The number of aromatic amines is 1. The molecular formula is C8H12Br2N2. The highest BCUT2D eigenvalue weighted by Gasteiger charge is 2.08. The zero-order valence-electron chi connectivity index (χ0n) is 6.95. The van der Waals surface area contributed by atoms with Gasteiger partial charge in [-0.1, -0.05) is 0 Å². The van der Waals surface area contributed by atoms with Crippen molar-refractivity contribution >= 4 is 31.9 Å². The van der Waals surface area contributed by atoms with Crippen molar-refractivity contribution in [2.45, 2.75) is 19.8 Å². The normalized spacial score (nSPS) is 10.7. The van der Waals surface area contributed by atoms with Crippen LogP contribution in [0.5, 0.6) is 0 Å². The summed E-state index contributed by atoms with van der Waals surface area (Å²) in [6.07, 6.45) is 2.02. The molecule has 0 atom stereocenters. The van der Waals surface area contributed by atoms with Gasteiger partial charge in [0.25, 0.3) is 0 Å². The van der Waals surface area contributed by atoms with Crippen molar-refractivity contribution in [2.75, 3.05) is 6.54 Å². The standard InChI is InChI=1S/C8H12Br2N2/c1-5-7(9)8(10)6(12-5)3-2-4-11/h12H,2-4,11H2,1H3. The topological polar surface area (TPSA) is 41.8 Å². The lowest BCUT2D eigenvalue weighted by atomic mass is 10.2. The van der Waals surface area contributed by atoms with Gasteiger partial charge < -0.3 is 10.7 Å². The third kappa shape index (κ3) is 2.12. The second kappa shape index (κ2) is 4.44. The second-order valence-corrected chi connectivity index (χ2v) is 4.33. The van der Waals surface area contributed by atoms with Crippen LogP contribution in [0.1, 0.15) is 17.8 Å². The van der Waals surface area contributed by atoms with Crippen molar-refractivity contribution in [1.82, 2.24) is 4.98 Å². The van der Waals surface area contributed by atoms with Crippen LogP contribution >= 0.6 is 31.9 Å². The molecule has 0 aliphatic carbocycles. The number of nitrogens with two attached hydrogens (primary N) is 1. The highest BCUT2D eigenvalue weighted by Crippen LogP contribution is 2.30. The number of H-pyrrole nitrogens is 1. The van der Waals surface area contributed by atoms with Gasteiger partial charge in [-0.25, -0.2) is 0 Å². The summed E-state index contributed by atoms with van der Waals surface area (Å²) in [5, 5.41) is 0. The SMILES string of the molecule is Cc1[nH]c(CCCN)c(Br)c1Br. The smallest absolute Gasteiger partial charge is 0.0527 e. The number of aromatic nitrogens is 1. The molecule has 12 heavy (non-hydrogen) atoms. The average molecular weight is 296 g/mol. The van der Waals surface area contributed by atoms with Gasteiger partial charge in [-0.3, -0.25) is 0 Å². The maximum absolute atomic E-state index is 5.43. The van der Waals surface area contributed by atoms with E-state index in [1.165, 1.54) is 5.69 Å². The summed E-state index contributed by atoms with van der Waals surface area (Å²) in [5.74, 6) is 0. The Kier molecular flexibility index (Phi) is 3.80. The molecule has 3 N–H and O–H groups in total. The minimum absolute atomic E-state index is 0.738. The van der Waals surface area contributed by atoms with E-state index in [2.05, 4.69) is 36.8 Å². The predicted octanol–water partition coefficient (Wildman–Crippen LogP) is 2.74. The summed E-state index contributed by atoms with van der Waals surface area (Å²) in [6.45, 7) is 2.78. The van der Waals surface area contributed by atoms with E-state index in [1.54, 1.807) is 0 Å². The number of aryl methyl sites for hydroxylation is 2. The lowest BCUT2D eigenvalue weighted by Gasteiger charge is -1.96. The number of hydrogen-bond donors (Lipinski definition) is 2. The number of halogens is 2. The van der Waals surface area contributed by atoms with Crippen molar-refractivity contribution < 1.29 is 0 Å². The quantitative estimate of drug-likeness (QED) is 0.885. The summed E-state index contributed by atoms with van der Waals surface area (Å²) in [7, 11) is 0. The second-order valence-electron chi connectivity index (χ2n) is 2.75. The maximum Gasteiger partial charge on any atom is 0.0527 e. The summed E-state index contributed by atoms with van der Waals surface area (Å²) in [6, 6.07) is 0. The Hall–Kier alpha value is 0.200. The third-order valence-corrected chi connectivity index (χ3v) is 4.15. The van der Waals surface area contributed by atoms with Crippen LogP contribution in [-0.2, 0) is 6.42 Å². The fourth-order valence-electron chi connectivity index (χ4n) is 1.08. The third-order valence-electron chi connectivity index (χ3n) is 1.76. The molecule has 0 saturated carbocycles. The minimum atomic E-state index is 0.738. The molecule has 1 aromatic heterocycles. The highest BCUT2D eigenvalue weighted by molar-refractivity contribution is 9.13. The van der Waals surface area contributed by atoms with Crippen LogP contribution in [0.3, 0.4) is 0 Å². The van der Waals surface area contributed by atoms with Crippen LogP contribution in [0.4, 0.5) is 0 Å². The fourth-order valence-corrected chi connectivity index (χ4v) is 2.02. The van der Waals surface area contributed by atoms with E-state index in [4.69, 9.17) is 5.73 Å². The molecule has 1 rings (SSSR count). The molecule has 1 heterocycles. The summed E-state index contributed by atoms with van der Waals surface area (Å²) < 4.78 is 2.25. The predicted molar refractivity (Wildman–Crippen MR) is 58.3 cm³/mol. The highest BCUT2D eigenvalue weighted by atomic mass is 79.9. The van der Waals surface area contributed by atoms with E-state index in [1.807, 2.05) is 6.92 Å². The molecule has 0 amide bonds. The Morgan fingerprint density at radius 3 is 2.42 bits per heavy atom. The van der Waals surface area contributed by atoms with Crippen molar-refractivity contribution in [3.05, 3.63) is 20.3 Å². The average Bonchev–Trinajstić information content (AvgIpc) is 2.30. The first-order valence-corrected chi connectivity index (χ1v) is 5.48. The number of nitrogens with one attached hydrogen (secondary N) is 1. The molecule has 4 heteroatoms. The fraction of sp³-hybridized carbons (Fsp3) is 0.500. The van der Waals surface area contributed by atoms with Crippen LogP contribution in [0.2, 0.25) is 0 Å². The molecule has 2 nitrogen and oxygen atoms in total. The van der Waals surface area contributed by atoms with Gasteiger partial charge in [0.15, 0.2) is 0 Å². The Bertz CT molecular complexity index is 268. The number of hydrogen-bond acceptors (Lipinski definition) is 1. The Morgan fingerprint density at radius 2 is 2.00 bits per heavy atom. The molecule has 0 spiro atoms. The van der Waals surface area contributed by atoms with Crippen molar-refractivity contribution in [2.24, 2.45) is 5.73 Å². The van der Waals surface area contributed by atoms with Gasteiger partial charge in [-0.2, -0.15) is 0 Å². The Balaban J connectivity index is 2.79. The Morgan fingerprint density at radius 1 is 1.33 bits per heavy atom. The summed E-state index contributed by atoms with van der Waals surface area (Å²) in [5.41, 5.74) is 7.82. The Labute approximate surface area is 89.2 Å². The molecule has 0 aliphatic heterocycles. The van der Waals surface area contributed by atoms with E-state index in [-0.39, 0.29) is 0 Å². The molecule has 0 aromatic carbocycles. The molecule has 0 radical (unpaired) electrons. The van der Waals surface area contributed by atoms with Crippen LogP contribution in [0.25, 0.3) is 0 Å². The molecule has 0 aliphatic rings. The zero-order valence-corrected chi connectivity index (χ0v) is 10.1. The first-order valence-electron chi connectivity index (χ1n) is 3.89. The summed E-state index contributed by atoms with van der Waals surface area (Å²) in [4.78, 5) is 3.30. The number of rotatable bonds is 3. The first kappa shape index (κ1) is 10.3. The van der Waals surface area contributed by atoms with Crippen LogP contribution in [0, 0.1) is 6.92 Å². The van der Waals surface area contributed by atoms with Crippen LogP contribution < -0.4 is 5.73 Å². The lowest BCUT2D eigenvalue weighted by molar-refractivity contribution is 0.811. The minimum Gasteiger partial charge on any atom is -0.361 e. The van der Waals surface area contributed by atoms with Crippen LogP contribution in [-0.4, -0.2) is 11.5 Å². The van der Waals surface area contributed by atoms with Gasteiger partial charge in [-0.15, -0.1) is 0 Å². The van der Waals surface area contributed by atoms with E-state index in [9.17, 15) is 0 Å². The van der Waals surface area contributed by atoms with E-state index in [0.717, 1.165) is 34.0 Å². The molecule has 0 fully saturated rings. The summed E-state index contributed by atoms with van der Waals surface area (Å²) >= 11 is 6.99. The molecule has 0 unspecified atom stereocenters. The first-order chi connectivity index (χ1) is 5.66. The maximum atomic E-state index is 5.43. The van der Waals surface area contributed by atoms with Gasteiger partial charge in [0, 0.05) is 11.4 Å². The van der Waals surface area contributed by atoms with E-state index < -0.39 is 0 Å². The largest absolute Gasteiger partial charge is 0.361 e. The van der Waals surface area contributed by atoms with Crippen LogP contribution in [0.15, 0.2) is 8.95 Å². The van der Waals surface area contributed by atoms with Crippen molar-refractivity contribution in [1.29, 1.82) is 0 Å². The molecule has 1 aromatic rings. The van der Waals surface area contributed by atoms with Gasteiger partial charge in [0.05, 0.1) is 8.95 Å². The molecule has 68 valence electrons. The van der Waals surface area contributed by atoms with Gasteiger partial charge in [-0.05, 0) is 58.2 Å². The lowest BCUT2D eigenvalue weighted by Crippen LogP contribution is -2.00. The zero-order chi connectivity index (χ0) is 9.14. The van der Waals surface area contributed by atoms with Crippen molar-refractivity contribution in [3.63, 3.8) is 0 Å². The molecular weight excluding hydrogens is 284 g/mol. The monoisotopic (exact) mass is 294 g/mol. The van der Waals surface area contributed by atoms with Gasteiger partial charge in [0.1, 0.15) is 0 Å². The van der Waals surface area contributed by atoms with Crippen molar-refractivity contribution in [3.8, 4) is 0 Å². The molecule has 0 saturated heterocycles.